The minimum absolute atomic E-state index is 0.726. The Kier molecular flexibility index (Phi) is 3.82. The Morgan fingerprint density at radius 3 is 2.68 bits per heavy atom. The van der Waals surface area contributed by atoms with E-state index in [1.54, 1.807) is 0 Å². The molecule has 19 heavy (non-hydrogen) atoms. The Labute approximate surface area is 117 Å². The SMILES string of the molecule is Clc1ccc(-c2cc(CN3CCNCC3)no2)cc1. The molecule has 4 nitrogen and oxygen atoms in total. The molecule has 0 unspecified atom stereocenters. The Balaban J connectivity index is 1.70. The van der Waals surface area contributed by atoms with Crippen LogP contribution in [0.25, 0.3) is 11.3 Å². The highest BCUT2D eigenvalue weighted by Gasteiger charge is 2.13. The van der Waals surface area contributed by atoms with Gasteiger partial charge in [0.15, 0.2) is 5.76 Å². The Hall–Kier alpha value is -1.36. The lowest BCUT2D eigenvalue weighted by Gasteiger charge is -2.25. The molecule has 1 aliphatic rings. The summed E-state index contributed by atoms with van der Waals surface area (Å²) in [5.74, 6) is 0.793. The molecule has 0 radical (unpaired) electrons. The van der Waals surface area contributed by atoms with Gasteiger partial charge in [-0.15, -0.1) is 0 Å². The fraction of sp³-hybridized carbons (Fsp3) is 0.357. The molecule has 1 aromatic carbocycles. The number of piperazine rings is 1. The second-order valence-electron chi connectivity index (χ2n) is 4.72. The molecule has 0 amide bonds. The minimum atomic E-state index is 0.726. The summed E-state index contributed by atoms with van der Waals surface area (Å²) < 4.78 is 5.40. The van der Waals surface area contributed by atoms with Crippen molar-refractivity contribution in [2.75, 3.05) is 26.2 Å². The van der Waals surface area contributed by atoms with Crippen LogP contribution in [-0.2, 0) is 6.54 Å². The first-order chi connectivity index (χ1) is 9.31. The number of hydrogen-bond acceptors (Lipinski definition) is 4. The molecule has 1 saturated heterocycles. The van der Waals surface area contributed by atoms with Crippen molar-refractivity contribution in [2.45, 2.75) is 6.54 Å². The second-order valence-corrected chi connectivity index (χ2v) is 5.15. The number of benzene rings is 1. The molecule has 3 rings (SSSR count). The third kappa shape index (κ3) is 3.15. The van der Waals surface area contributed by atoms with Gasteiger partial charge in [-0.25, -0.2) is 0 Å². The standard InChI is InChI=1S/C14H16ClN3O/c15-12-3-1-11(2-4-12)14-9-13(17-19-14)10-18-7-5-16-6-8-18/h1-4,9,16H,5-8,10H2. The molecule has 5 heteroatoms. The van der Waals surface area contributed by atoms with E-state index in [-0.39, 0.29) is 0 Å². The lowest BCUT2D eigenvalue weighted by molar-refractivity contribution is 0.227. The number of halogens is 1. The highest BCUT2D eigenvalue weighted by atomic mass is 35.5. The van der Waals surface area contributed by atoms with Gasteiger partial charge in [0.25, 0.3) is 0 Å². The van der Waals surface area contributed by atoms with Crippen LogP contribution in [-0.4, -0.2) is 36.2 Å². The number of rotatable bonds is 3. The highest BCUT2D eigenvalue weighted by Crippen LogP contribution is 2.22. The van der Waals surface area contributed by atoms with E-state index >= 15 is 0 Å². The number of aromatic nitrogens is 1. The van der Waals surface area contributed by atoms with E-state index in [1.807, 2.05) is 30.3 Å². The molecular weight excluding hydrogens is 262 g/mol. The predicted octanol–water partition coefficient (Wildman–Crippen LogP) is 2.40. The zero-order valence-electron chi connectivity index (χ0n) is 10.6. The van der Waals surface area contributed by atoms with Crippen molar-refractivity contribution in [1.29, 1.82) is 0 Å². The smallest absolute Gasteiger partial charge is 0.167 e. The van der Waals surface area contributed by atoms with Gasteiger partial charge < -0.3 is 9.84 Å². The van der Waals surface area contributed by atoms with Crippen molar-refractivity contribution in [3.05, 3.63) is 41.0 Å². The number of hydrogen-bond donors (Lipinski definition) is 1. The van der Waals surface area contributed by atoms with Crippen LogP contribution in [0.3, 0.4) is 0 Å². The summed E-state index contributed by atoms with van der Waals surface area (Å²) in [4.78, 5) is 2.37. The van der Waals surface area contributed by atoms with E-state index < -0.39 is 0 Å². The average Bonchev–Trinajstić information content (AvgIpc) is 2.89. The summed E-state index contributed by atoms with van der Waals surface area (Å²) in [6.45, 7) is 5.05. The largest absolute Gasteiger partial charge is 0.356 e. The van der Waals surface area contributed by atoms with E-state index in [1.165, 1.54) is 0 Å². The molecule has 0 atom stereocenters. The molecule has 2 heterocycles. The Morgan fingerprint density at radius 1 is 1.21 bits per heavy atom. The Bertz CT molecular complexity index is 532. The van der Waals surface area contributed by atoms with E-state index in [9.17, 15) is 0 Å². The molecule has 0 aliphatic carbocycles. The molecule has 2 aromatic rings. The molecule has 0 saturated carbocycles. The fourth-order valence-electron chi connectivity index (χ4n) is 2.23. The van der Waals surface area contributed by atoms with Gasteiger partial charge in [0, 0.05) is 49.4 Å². The van der Waals surface area contributed by atoms with Crippen LogP contribution in [0, 0.1) is 0 Å². The van der Waals surface area contributed by atoms with Crippen LogP contribution in [0.4, 0.5) is 0 Å². The number of nitrogens with one attached hydrogen (secondary N) is 1. The van der Waals surface area contributed by atoms with Crippen LogP contribution in [0.2, 0.25) is 5.02 Å². The third-order valence-electron chi connectivity index (χ3n) is 3.28. The maximum absolute atomic E-state index is 5.87. The lowest BCUT2D eigenvalue weighted by Crippen LogP contribution is -2.42. The third-order valence-corrected chi connectivity index (χ3v) is 3.53. The molecule has 0 bridgehead atoms. The van der Waals surface area contributed by atoms with E-state index in [4.69, 9.17) is 16.1 Å². The van der Waals surface area contributed by atoms with Gasteiger partial charge in [-0.2, -0.15) is 0 Å². The van der Waals surface area contributed by atoms with Crippen molar-refractivity contribution in [3.63, 3.8) is 0 Å². The summed E-state index contributed by atoms with van der Waals surface area (Å²) in [6, 6.07) is 9.60. The van der Waals surface area contributed by atoms with Crippen LogP contribution >= 0.6 is 11.6 Å². The van der Waals surface area contributed by atoms with Crippen molar-refractivity contribution in [3.8, 4) is 11.3 Å². The van der Waals surface area contributed by atoms with E-state index in [0.29, 0.717) is 0 Å². The molecule has 1 N–H and O–H groups in total. The fourth-order valence-corrected chi connectivity index (χ4v) is 2.36. The molecule has 1 aliphatic heterocycles. The minimum Gasteiger partial charge on any atom is -0.356 e. The maximum atomic E-state index is 5.87. The topological polar surface area (TPSA) is 41.3 Å². The van der Waals surface area contributed by atoms with Crippen LogP contribution in [0.1, 0.15) is 5.69 Å². The molecule has 100 valence electrons. The van der Waals surface area contributed by atoms with Gasteiger partial charge in [-0.3, -0.25) is 4.90 Å². The van der Waals surface area contributed by atoms with Gasteiger partial charge in [-0.05, 0) is 24.3 Å². The highest BCUT2D eigenvalue weighted by molar-refractivity contribution is 6.30. The molecular formula is C14H16ClN3O. The normalized spacial score (nSPS) is 16.7. The molecule has 0 spiro atoms. The van der Waals surface area contributed by atoms with Crippen molar-refractivity contribution in [2.24, 2.45) is 0 Å². The van der Waals surface area contributed by atoms with Gasteiger partial charge in [0.2, 0.25) is 0 Å². The predicted molar refractivity (Wildman–Crippen MR) is 75.1 cm³/mol. The monoisotopic (exact) mass is 277 g/mol. The van der Waals surface area contributed by atoms with Crippen molar-refractivity contribution >= 4 is 11.6 Å². The summed E-state index contributed by atoms with van der Waals surface area (Å²) in [5.41, 5.74) is 1.98. The second kappa shape index (κ2) is 5.74. The van der Waals surface area contributed by atoms with E-state index in [2.05, 4.69) is 15.4 Å². The van der Waals surface area contributed by atoms with Crippen molar-refractivity contribution < 1.29 is 4.52 Å². The first-order valence-corrected chi connectivity index (χ1v) is 6.84. The summed E-state index contributed by atoms with van der Waals surface area (Å²) >= 11 is 5.87. The molecule has 1 fully saturated rings. The summed E-state index contributed by atoms with van der Waals surface area (Å²) in [7, 11) is 0. The Morgan fingerprint density at radius 2 is 1.95 bits per heavy atom. The van der Waals surface area contributed by atoms with Crippen molar-refractivity contribution in [1.82, 2.24) is 15.4 Å². The van der Waals surface area contributed by atoms with Gasteiger partial charge >= 0.3 is 0 Å². The zero-order valence-corrected chi connectivity index (χ0v) is 11.4. The van der Waals surface area contributed by atoms with Gasteiger partial charge in [0.1, 0.15) is 0 Å². The zero-order chi connectivity index (χ0) is 13.1. The van der Waals surface area contributed by atoms with Crippen LogP contribution < -0.4 is 5.32 Å². The maximum Gasteiger partial charge on any atom is 0.167 e. The summed E-state index contributed by atoms with van der Waals surface area (Å²) in [6.07, 6.45) is 0. The quantitative estimate of drug-likeness (QED) is 0.935. The van der Waals surface area contributed by atoms with Gasteiger partial charge in [0.05, 0.1) is 5.69 Å². The number of nitrogens with zero attached hydrogens (tertiary/aromatic N) is 2. The first-order valence-electron chi connectivity index (χ1n) is 6.46. The average molecular weight is 278 g/mol. The molecule has 1 aromatic heterocycles. The van der Waals surface area contributed by atoms with Crippen LogP contribution in [0.15, 0.2) is 34.9 Å². The van der Waals surface area contributed by atoms with Crippen LogP contribution in [0.5, 0.6) is 0 Å². The van der Waals surface area contributed by atoms with E-state index in [0.717, 1.165) is 54.8 Å². The lowest BCUT2D eigenvalue weighted by atomic mass is 10.1. The summed E-state index contributed by atoms with van der Waals surface area (Å²) in [5, 5.41) is 8.20. The van der Waals surface area contributed by atoms with Gasteiger partial charge in [-0.1, -0.05) is 16.8 Å². The first kappa shape index (κ1) is 12.7.